The Balaban J connectivity index is 2.69. The van der Waals surface area contributed by atoms with Crippen molar-refractivity contribution in [3.63, 3.8) is 0 Å². The van der Waals surface area contributed by atoms with Crippen molar-refractivity contribution in [2.45, 2.75) is 25.8 Å². The lowest BCUT2D eigenvalue weighted by Gasteiger charge is -2.15. The van der Waals surface area contributed by atoms with Gasteiger partial charge in [-0.1, -0.05) is 13.3 Å². The lowest BCUT2D eigenvalue weighted by molar-refractivity contribution is -0.386. The van der Waals surface area contributed by atoms with E-state index in [9.17, 15) is 24.1 Å². The summed E-state index contributed by atoms with van der Waals surface area (Å²) in [6.07, 6.45) is 0.490. The zero-order valence-electron chi connectivity index (χ0n) is 12.9. The van der Waals surface area contributed by atoms with Gasteiger partial charge in [0.2, 0.25) is 0 Å². The van der Waals surface area contributed by atoms with Crippen molar-refractivity contribution >= 4 is 17.7 Å². The largest absolute Gasteiger partial charge is 0.484 e. The number of ether oxygens (including phenoxy) is 2. The van der Waals surface area contributed by atoms with Crippen LogP contribution in [-0.2, 0) is 9.53 Å². The van der Waals surface area contributed by atoms with E-state index in [0.29, 0.717) is 12.5 Å². The summed E-state index contributed by atoms with van der Waals surface area (Å²) in [4.78, 5) is 32.5. The maximum absolute atomic E-state index is 13.0. The first-order valence-corrected chi connectivity index (χ1v) is 7.08. The van der Waals surface area contributed by atoms with Crippen LogP contribution >= 0.6 is 0 Å². The number of alkyl carbamates (subject to hydrolysis) is 1. The Bertz CT molecular complexity index is 609. The minimum Gasteiger partial charge on any atom is -0.484 e. The monoisotopic (exact) mass is 344 g/mol. The fourth-order valence-corrected chi connectivity index (χ4v) is 1.60. The third-order valence-corrected chi connectivity index (χ3v) is 2.84. The smallest absolute Gasteiger partial charge is 0.407 e. The molecule has 24 heavy (non-hydrogen) atoms. The molecule has 0 fully saturated rings. The maximum Gasteiger partial charge on any atom is 0.407 e. The number of nitro groups is 1. The van der Waals surface area contributed by atoms with Gasteiger partial charge in [-0.05, 0) is 18.6 Å². The molecule has 9 nitrogen and oxygen atoms in total. The molecule has 132 valence electrons. The van der Waals surface area contributed by atoms with E-state index < -0.39 is 41.1 Å². The van der Waals surface area contributed by atoms with Crippen LogP contribution in [0.2, 0.25) is 0 Å². The summed E-state index contributed by atoms with van der Waals surface area (Å²) in [5, 5.41) is 22.0. The zero-order valence-corrected chi connectivity index (χ0v) is 12.9. The van der Waals surface area contributed by atoms with Crippen LogP contribution in [0.4, 0.5) is 14.9 Å². The summed E-state index contributed by atoms with van der Waals surface area (Å²) in [6.45, 7) is 1.44. The summed E-state index contributed by atoms with van der Waals surface area (Å²) in [5.74, 6) is -2.55. The molecule has 0 saturated heterocycles. The van der Waals surface area contributed by atoms with Gasteiger partial charge >= 0.3 is 17.7 Å². The van der Waals surface area contributed by atoms with Crippen LogP contribution in [0.3, 0.4) is 0 Å². The highest BCUT2D eigenvalue weighted by atomic mass is 19.1. The molecule has 0 bridgehead atoms. The first-order chi connectivity index (χ1) is 11.3. The van der Waals surface area contributed by atoms with Gasteiger partial charge in [-0.25, -0.2) is 14.0 Å². The van der Waals surface area contributed by atoms with E-state index in [1.807, 2.05) is 6.92 Å². The van der Waals surface area contributed by atoms with Gasteiger partial charge in [0.1, 0.15) is 12.4 Å². The minimum absolute atomic E-state index is 0.138. The predicted molar refractivity (Wildman–Crippen MR) is 79.4 cm³/mol. The lowest BCUT2D eigenvalue weighted by Crippen LogP contribution is -2.45. The van der Waals surface area contributed by atoms with Crippen molar-refractivity contribution in [2.75, 3.05) is 13.2 Å². The van der Waals surface area contributed by atoms with Crippen molar-refractivity contribution in [1.82, 2.24) is 5.32 Å². The van der Waals surface area contributed by atoms with Crippen LogP contribution in [0.25, 0.3) is 0 Å². The molecule has 1 amide bonds. The molecule has 0 saturated carbocycles. The van der Waals surface area contributed by atoms with Gasteiger partial charge in [-0.2, -0.15) is 0 Å². The van der Waals surface area contributed by atoms with Gasteiger partial charge < -0.3 is 19.9 Å². The molecule has 2 N–H and O–H groups in total. The van der Waals surface area contributed by atoms with Gasteiger partial charge in [-0.3, -0.25) is 10.1 Å². The number of carbonyl (C=O) groups excluding carboxylic acids is 1. The van der Waals surface area contributed by atoms with Gasteiger partial charge in [0.15, 0.2) is 11.8 Å². The van der Waals surface area contributed by atoms with Crippen LogP contribution < -0.4 is 10.1 Å². The molecule has 1 unspecified atom stereocenters. The number of benzene rings is 1. The van der Waals surface area contributed by atoms with E-state index in [0.717, 1.165) is 18.6 Å². The van der Waals surface area contributed by atoms with Gasteiger partial charge in [-0.15, -0.1) is 0 Å². The number of hydrogen-bond donors (Lipinski definition) is 2. The number of carboxylic acid groups (broad SMARTS) is 1. The van der Waals surface area contributed by atoms with E-state index in [1.54, 1.807) is 0 Å². The first kappa shape index (κ1) is 19.1. The zero-order chi connectivity index (χ0) is 18.1. The third-order valence-electron chi connectivity index (χ3n) is 2.84. The minimum atomic E-state index is -1.48. The molecule has 1 aromatic rings. The van der Waals surface area contributed by atoms with Crippen LogP contribution in [0.1, 0.15) is 19.8 Å². The summed E-state index contributed by atoms with van der Waals surface area (Å²) >= 11 is 0. The Hall–Kier alpha value is -2.91. The summed E-state index contributed by atoms with van der Waals surface area (Å²) in [6, 6.07) is 1.11. The summed E-state index contributed by atoms with van der Waals surface area (Å²) in [7, 11) is 0. The highest BCUT2D eigenvalue weighted by Gasteiger charge is 2.24. The van der Waals surface area contributed by atoms with E-state index >= 15 is 0 Å². The van der Waals surface area contributed by atoms with Crippen molar-refractivity contribution < 1.29 is 33.5 Å². The number of nitro benzene ring substituents is 1. The van der Waals surface area contributed by atoms with E-state index in [2.05, 4.69) is 5.32 Å². The maximum atomic E-state index is 13.0. The van der Waals surface area contributed by atoms with Crippen molar-refractivity contribution in [3.8, 4) is 5.75 Å². The Morgan fingerprint density at radius 1 is 1.46 bits per heavy atom. The number of amides is 1. The molecule has 0 aliphatic carbocycles. The number of carbonyl (C=O) groups is 2. The number of halogens is 1. The molecular formula is C14H17FN2O7. The van der Waals surface area contributed by atoms with Crippen LogP contribution in [0, 0.1) is 15.9 Å². The van der Waals surface area contributed by atoms with E-state index in [1.165, 1.54) is 0 Å². The van der Waals surface area contributed by atoms with Gasteiger partial charge in [0, 0.05) is 0 Å². The average Bonchev–Trinajstić information content (AvgIpc) is 2.52. The molecule has 1 atom stereocenters. The molecule has 0 radical (unpaired) electrons. The van der Waals surface area contributed by atoms with Gasteiger partial charge in [0.25, 0.3) is 0 Å². The van der Waals surface area contributed by atoms with Crippen LogP contribution in [0.5, 0.6) is 5.75 Å². The highest BCUT2D eigenvalue weighted by molar-refractivity contribution is 5.80. The Labute approximate surface area is 136 Å². The molecular weight excluding hydrogens is 327 g/mol. The second kappa shape index (κ2) is 9.28. The summed E-state index contributed by atoms with van der Waals surface area (Å²) < 4.78 is 22.8. The van der Waals surface area contributed by atoms with Crippen LogP contribution in [-0.4, -0.2) is 41.3 Å². The van der Waals surface area contributed by atoms with Crippen LogP contribution in [0.15, 0.2) is 18.2 Å². The highest BCUT2D eigenvalue weighted by Crippen LogP contribution is 2.27. The molecule has 0 aliphatic heterocycles. The fourth-order valence-electron chi connectivity index (χ4n) is 1.60. The number of carboxylic acids is 1. The molecule has 10 heteroatoms. The Kier molecular flexibility index (Phi) is 7.40. The quantitative estimate of drug-likeness (QED) is 0.399. The SMILES string of the molecule is CCCCOC(=O)NC(COc1ccc(F)cc1[N+](=O)[O-])C(=O)O. The number of rotatable bonds is 9. The lowest BCUT2D eigenvalue weighted by atomic mass is 10.3. The molecule has 0 aliphatic rings. The second-order valence-corrected chi connectivity index (χ2v) is 4.70. The second-order valence-electron chi connectivity index (χ2n) is 4.70. The normalized spacial score (nSPS) is 11.4. The van der Waals surface area contributed by atoms with Crippen molar-refractivity contribution in [1.29, 1.82) is 0 Å². The Morgan fingerprint density at radius 2 is 2.17 bits per heavy atom. The molecule has 1 rings (SSSR count). The average molecular weight is 344 g/mol. The topological polar surface area (TPSA) is 128 Å². The molecule has 1 aromatic carbocycles. The van der Waals surface area contributed by atoms with Crippen molar-refractivity contribution in [2.24, 2.45) is 0 Å². The standard InChI is InChI=1S/C14H17FN2O7/c1-2-3-6-23-14(20)16-10(13(18)19)8-24-12-5-4-9(15)7-11(12)17(21)22/h4-5,7,10H,2-3,6,8H2,1H3,(H,16,20)(H,18,19). The fraction of sp³-hybridized carbons (Fsp3) is 0.429. The number of nitrogens with one attached hydrogen (secondary N) is 1. The summed E-state index contributed by atoms with van der Waals surface area (Å²) in [5.41, 5.74) is -0.648. The molecule has 0 spiro atoms. The number of nitrogens with zero attached hydrogens (tertiary/aromatic N) is 1. The van der Waals surface area contributed by atoms with Gasteiger partial charge in [0.05, 0.1) is 17.6 Å². The predicted octanol–water partition coefficient (Wildman–Crippen LogP) is 2.09. The van der Waals surface area contributed by atoms with Crippen molar-refractivity contribution in [3.05, 3.63) is 34.1 Å². The third kappa shape index (κ3) is 6.07. The van der Waals surface area contributed by atoms with E-state index in [-0.39, 0.29) is 12.4 Å². The number of unbranched alkanes of at least 4 members (excludes halogenated alkanes) is 1. The molecule has 0 heterocycles. The first-order valence-electron chi connectivity index (χ1n) is 7.08. The molecule has 0 aromatic heterocycles. The number of hydrogen-bond acceptors (Lipinski definition) is 6. The van der Waals surface area contributed by atoms with E-state index in [4.69, 9.17) is 14.6 Å². The number of aliphatic carboxylic acids is 1. The Morgan fingerprint density at radius 3 is 2.75 bits per heavy atom.